The van der Waals surface area contributed by atoms with Gasteiger partial charge in [-0.25, -0.2) is 4.39 Å². The maximum absolute atomic E-state index is 14.0. The van der Waals surface area contributed by atoms with Crippen molar-refractivity contribution in [1.82, 2.24) is 0 Å². The van der Waals surface area contributed by atoms with Crippen molar-refractivity contribution in [3.8, 4) is 17.6 Å². The standard InChI is InChI=1S/C23H18FNO2/c1-26-22-12-11-18(13-19(15-25)20-9-5-6-10-21(20)24)14-23(22)27-16-17-7-3-2-4-8-17/h2-14H,16H2,1H3. The molecule has 0 N–H and O–H groups in total. The van der Waals surface area contributed by atoms with Crippen LogP contribution in [0, 0.1) is 17.1 Å². The lowest BCUT2D eigenvalue weighted by Gasteiger charge is -2.12. The Bertz CT molecular complexity index is 991. The second-order valence-corrected chi connectivity index (χ2v) is 5.83. The SMILES string of the molecule is COc1ccc(C=C(C#N)c2ccccc2F)cc1OCc1ccccc1. The zero-order valence-corrected chi connectivity index (χ0v) is 14.9. The summed E-state index contributed by atoms with van der Waals surface area (Å²) < 4.78 is 25.2. The molecule has 3 rings (SSSR count). The summed E-state index contributed by atoms with van der Waals surface area (Å²) in [5, 5.41) is 9.45. The fourth-order valence-corrected chi connectivity index (χ4v) is 2.65. The van der Waals surface area contributed by atoms with E-state index in [1.54, 1.807) is 49.6 Å². The van der Waals surface area contributed by atoms with Crippen LogP contribution >= 0.6 is 0 Å². The van der Waals surface area contributed by atoms with Crippen LogP contribution in [-0.4, -0.2) is 7.11 Å². The fourth-order valence-electron chi connectivity index (χ4n) is 2.65. The molecule has 4 heteroatoms. The molecule has 0 unspecified atom stereocenters. The van der Waals surface area contributed by atoms with Crippen LogP contribution in [0.15, 0.2) is 72.8 Å². The van der Waals surface area contributed by atoms with E-state index < -0.39 is 5.82 Å². The number of halogens is 1. The molecule has 3 nitrogen and oxygen atoms in total. The first kappa shape index (κ1) is 18.2. The fraction of sp³-hybridized carbons (Fsp3) is 0.0870. The van der Waals surface area contributed by atoms with Crippen molar-refractivity contribution in [2.75, 3.05) is 7.11 Å². The van der Waals surface area contributed by atoms with Gasteiger partial charge in [-0.15, -0.1) is 0 Å². The summed E-state index contributed by atoms with van der Waals surface area (Å²) in [6.07, 6.45) is 1.63. The number of methoxy groups -OCH3 is 1. The van der Waals surface area contributed by atoms with Crippen molar-refractivity contribution in [3.63, 3.8) is 0 Å². The molecule has 3 aromatic rings. The molecular weight excluding hydrogens is 341 g/mol. The summed E-state index contributed by atoms with van der Waals surface area (Å²) in [6, 6.07) is 23.4. The van der Waals surface area contributed by atoms with Crippen molar-refractivity contribution in [1.29, 1.82) is 5.26 Å². The third-order valence-corrected chi connectivity index (χ3v) is 4.02. The summed E-state index contributed by atoms with van der Waals surface area (Å²) in [6.45, 7) is 0.392. The molecule has 0 aliphatic heterocycles. The molecule has 3 aromatic carbocycles. The Kier molecular flexibility index (Phi) is 5.86. The van der Waals surface area contributed by atoms with Crippen LogP contribution in [-0.2, 0) is 6.61 Å². The van der Waals surface area contributed by atoms with Crippen molar-refractivity contribution in [2.24, 2.45) is 0 Å². The number of benzene rings is 3. The Balaban J connectivity index is 1.90. The summed E-state index contributed by atoms with van der Waals surface area (Å²) in [5.74, 6) is 0.716. The van der Waals surface area contributed by atoms with E-state index in [-0.39, 0.29) is 11.1 Å². The largest absolute Gasteiger partial charge is 0.493 e. The maximum Gasteiger partial charge on any atom is 0.162 e. The first-order chi connectivity index (χ1) is 13.2. The molecule has 0 aliphatic rings. The van der Waals surface area contributed by atoms with E-state index in [0.29, 0.717) is 18.1 Å². The molecule has 0 saturated heterocycles. The topological polar surface area (TPSA) is 42.2 Å². The maximum atomic E-state index is 14.0. The van der Waals surface area contributed by atoms with Gasteiger partial charge in [0.2, 0.25) is 0 Å². The lowest BCUT2D eigenvalue weighted by molar-refractivity contribution is 0.284. The van der Waals surface area contributed by atoms with E-state index in [0.717, 1.165) is 11.1 Å². The Morgan fingerprint density at radius 1 is 1.00 bits per heavy atom. The second kappa shape index (κ2) is 8.68. The minimum atomic E-state index is -0.431. The first-order valence-electron chi connectivity index (χ1n) is 8.42. The molecular formula is C23H18FNO2. The van der Waals surface area contributed by atoms with Crippen LogP contribution in [0.4, 0.5) is 4.39 Å². The Morgan fingerprint density at radius 2 is 1.74 bits per heavy atom. The quantitative estimate of drug-likeness (QED) is 0.432. The molecule has 0 heterocycles. The van der Waals surface area contributed by atoms with Gasteiger partial charge in [0, 0.05) is 5.56 Å². The van der Waals surface area contributed by atoms with Crippen molar-refractivity contribution in [2.45, 2.75) is 6.61 Å². The Labute approximate surface area is 157 Å². The number of allylic oxidation sites excluding steroid dienone is 1. The van der Waals surface area contributed by atoms with Crippen molar-refractivity contribution < 1.29 is 13.9 Å². The van der Waals surface area contributed by atoms with Gasteiger partial charge in [-0.1, -0.05) is 54.6 Å². The third-order valence-electron chi connectivity index (χ3n) is 4.02. The molecule has 0 atom stereocenters. The van der Waals surface area contributed by atoms with E-state index in [9.17, 15) is 9.65 Å². The number of nitrogens with zero attached hydrogens (tertiary/aromatic N) is 1. The molecule has 0 aliphatic carbocycles. The Hall–Kier alpha value is -3.58. The molecule has 0 fully saturated rings. The van der Waals surface area contributed by atoms with E-state index in [4.69, 9.17) is 9.47 Å². The predicted octanol–water partition coefficient (Wildman–Crippen LogP) is 5.48. The van der Waals surface area contributed by atoms with E-state index in [1.165, 1.54) is 6.07 Å². The third kappa shape index (κ3) is 4.53. The van der Waals surface area contributed by atoms with Gasteiger partial charge >= 0.3 is 0 Å². The molecule has 0 radical (unpaired) electrons. The van der Waals surface area contributed by atoms with Gasteiger partial charge in [0.1, 0.15) is 12.4 Å². The number of ether oxygens (including phenoxy) is 2. The number of nitriles is 1. The summed E-state index contributed by atoms with van der Waals surface area (Å²) >= 11 is 0. The monoisotopic (exact) mass is 359 g/mol. The summed E-state index contributed by atoms with van der Waals surface area (Å²) in [4.78, 5) is 0. The first-order valence-corrected chi connectivity index (χ1v) is 8.42. The van der Waals surface area contributed by atoms with E-state index in [2.05, 4.69) is 6.07 Å². The van der Waals surface area contributed by atoms with Gasteiger partial charge in [0.25, 0.3) is 0 Å². The second-order valence-electron chi connectivity index (χ2n) is 5.83. The normalized spacial score (nSPS) is 10.9. The van der Waals surface area contributed by atoms with Gasteiger partial charge in [-0.05, 0) is 35.4 Å². The summed E-state index contributed by atoms with van der Waals surface area (Å²) in [5.41, 5.74) is 2.26. The number of hydrogen-bond acceptors (Lipinski definition) is 3. The number of rotatable bonds is 6. The average Bonchev–Trinajstić information content (AvgIpc) is 2.72. The molecule has 0 aromatic heterocycles. The lowest BCUT2D eigenvalue weighted by atomic mass is 10.0. The zero-order chi connectivity index (χ0) is 19.1. The highest BCUT2D eigenvalue weighted by Crippen LogP contribution is 2.31. The average molecular weight is 359 g/mol. The van der Waals surface area contributed by atoms with E-state index in [1.807, 2.05) is 30.3 Å². The highest BCUT2D eigenvalue weighted by molar-refractivity contribution is 5.90. The lowest BCUT2D eigenvalue weighted by Crippen LogP contribution is -1.98. The smallest absolute Gasteiger partial charge is 0.162 e. The van der Waals surface area contributed by atoms with Crippen LogP contribution in [0.2, 0.25) is 0 Å². The zero-order valence-electron chi connectivity index (χ0n) is 14.9. The molecule has 27 heavy (non-hydrogen) atoms. The van der Waals surface area contributed by atoms with Crippen LogP contribution in [0.1, 0.15) is 16.7 Å². The molecule has 0 saturated carbocycles. The highest BCUT2D eigenvalue weighted by atomic mass is 19.1. The highest BCUT2D eigenvalue weighted by Gasteiger charge is 2.09. The minimum Gasteiger partial charge on any atom is -0.493 e. The van der Waals surface area contributed by atoms with Gasteiger partial charge in [0.15, 0.2) is 11.5 Å². The van der Waals surface area contributed by atoms with Gasteiger partial charge < -0.3 is 9.47 Å². The van der Waals surface area contributed by atoms with Crippen LogP contribution in [0.5, 0.6) is 11.5 Å². The van der Waals surface area contributed by atoms with Crippen LogP contribution in [0.3, 0.4) is 0 Å². The predicted molar refractivity (Wildman–Crippen MR) is 104 cm³/mol. The summed E-state index contributed by atoms with van der Waals surface area (Å²) in [7, 11) is 1.57. The number of hydrogen-bond donors (Lipinski definition) is 0. The molecule has 134 valence electrons. The van der Waals surface area contributed by atoms with Gasteiger partial charge in [0.05, 0.1) is 18.8 Å². The van der Waals surface area contributed by atoms with Crippen LogP contribution in [0.25, 0.3) is 11.6 Å². The molecule has 0 spiro atoms. The van der Waals surface area contributed by atoms with Crippen molar-refractivity contribution >= 4 is 11.6 Å². The van der Waals surface area contributed by atoms with Gasteiger partial charge in [-0.3, -0.25) is 0 Å². The van der Waals surface area contributed by atoms with E-state index >= 15 is 0 Å². The molecule has 0 amide bonds. The Morgan fingerprint density at radius 3 is 2.44 bits per heavy atom. The van der Waals surface area contributed by atoms with Gasteiger partial charge in [-0.2, -0.15) is 5.26 Å². The minimum absolute atomic E-state index is 0.243. The molecule has 0 bridgehead atoms. The van der Waals surface area contributed by atoms with Crippen LogP contribution < -0.4 is 9.47 Å². The van der Waals surface area contributed by atoms with Crippen molar-refractivity contribution in [3.05, 3.63) is 95.3 Å².